The summed E-state index contributed by atoms with van der Waals surface area (Å²) < 4.78 is 21.0. The van der Waals surface area contributed by atoms with Crippen molar-refractivity contribution in [2.24, 2.45) is 0 Å². The van der Waals surface area contributed by atoms with Crippen LogP contribution in [0.15, 0.2) is 0 Å². The van der Waals surface area contributed by atoms with Crippen molar-refractivity contribution in [1.29, 1.82) is 0 Å². The third-order valence-corrected chi connectivity index (χ3v) is 3.06. The highest BCUT2D eigenvalue weighted by Crippen LogP contribution is 2.38. The van der Waals surface area contributed by atoms with Crippen LogP contribution in [0.5, 0.6) is 0 Å². The SMILES string of the molecule is CC[C@H]1OC(OC(C)=O)C(OC(C)=O)[C@]1(C)OC(C)=O. The minimum Gasteiger partial charge on any atom is -0.453 e. The third-order valence-electron chi connectivity index (χ3n) is 3.06. The maximum atomic E-state index is 11.3. The van der Waals surface area contributed by atoms with Gasteiger partial charge in [0, 0.05) is 20.8 Å². The molecule has 1 saturated heterocycles. The van der Waals surface area contributed by atoms with Crippen LogP contribution >= 0.6 is 0 Å². The van der Waals surface area contributed by atoms with Crippen molar-refractivity contribution in [2.45, 2.75) is 65.1 Å². The Bertz CT molecular complexity index is 406. The summed E-state index contributed by atoms with van der Waals surface area (Å²) in [4.78, 5) is 33.7. The van der Waals surface area contributed by atoms with Crippen LogP contribution in [-0.2, 0) is 33.3 Å². The summed E-state index contributed by atoms with van der Waals surface area (Å²) in [6, 6.07) is 0. The Kier molecular flexibility index (Phi) is 5.10. The Hall–Kier alpha value is -1.63. The molecule has 114 valence electrons. The van der Waals surface area contributed by atoms with Gasteiger partial charge in [0.1, 0.15) is 6.10 Å². The lowest BCUT2D eigenvalue weighted by Gasteiger charge is -2.32. The summed E-state index contributed by atoms with van der Waals surface area (Å²) >= 11 is 0. The van der Waals surface area contributed by atoms with E-state index in [2.05, 4.69) is 0 Å². The molecule has 7 nitrogen and oxygen atoms in total. The van der Waals surface area contributed by atoms with Gasteiger partial charge in [0.2, 0.25) is 12.4 Å². The van der Waals surface area contributed by atoms with Crippen molar-refractivity contribution in [3.8, 4) is 0 Å². The van der Waals surface area contributed by atoms with Crippen molar-refractivity contribution >= 4 is 17.9 Å². The summed E-state index contributed by atoms with van der Waals surface area (Å²) in [7, 11) is 0. The van der Waals surface area contributed by atoms with E-state index in [-0.39, 0.29) is 0 Å². The Morgan fingerprint density at radius 3 is 2.00 bits per heavy atom. The molecule has 7 heteroatoms. The zero-order chi connectivity index (χ0) is 15.5. The monoisotopic (exact) mass is 288 g/mol. The van der Waals surface area contributed by atoms with Gasteiger partial charge in [0.25, 0.3) is 0 Å². The number of carbonyl (C=O) groups is 3. The molecule has 0 aromatic carbocycles. The molecule has 1 fully saturated rings. The van der Waals surface area contributed by atoms with Gasteiger partial charge in [0.15, 0.2) is 5.60 Å². The van der Waals surface area contributed by atoms with Crippen LogP contribution in [0.4, 0.5) is 0 Å². The van der Waals surface area contributed by atoms with Crippen LogP contribution in [0.25, 0.3) is 0 Å². The van der Waals surface area contributed by atoms with Crippen molar-refractivity contribution in [3.63, 3.8) is 0 Å². The van der Waals surface area contributed by atoms with Gasteiger partial charge in [-0.15, -0.1) is 0 Å². The number of ether oxygens (including phenoxy) is 4. The maximum Gasteiger partial charge on any atom is 0.305 e. The molecule has 1 aliphatic rings. The first-order valence-corrected chi connectivity index (χ1v) is 6.40. The first-order chi connectivity index (χ1) is 9.20. The smallest absolute Gasteiger partial charge is 0.305 e. The Morgan fingerprint density at radius 2 is 1.60 bits per heavy atom. The molecule has 1 rings (SSSR count). The molecule has 0 aromatic rings. The van der Waals surface area contributed by atoms with Crippen LogP contribution in [0, 0.1) is 0 Å². The third kappa shape index (κ3) is 3.47. The number of esters is 3. The quantitative estimate of drug-likeness (QED) is 0.561. The zero-order valence-corrected chi connectivity index (χ0v) is 12.3. The predicted octanol–water partition coefficient (Wildman–Crippen LogP) is 0.938. The van der Waals surface area contributed by atoms with Gasteiger partial charge >= 0.3 is 17.9 Å². The average Bonchev–Trinajstić information content (AvgIpc) is 2.51. The van der Waals surface area contributed by atoms with Gasteiger partial charge in [-0.2, -0.15) is 0 Å². The molecule has 1 heterocycles. The van der Waals surface area contributed by atoms with Gasteiger partial charge < -0.3 is 18.9 Å². The van der Waals surface area contributed by atoms with Gasteiger partial charge in [-0.05, 0) is 13.3 Å². The zero-order valence-electron chi connectivity index (χ0n) is 12.3. The minimum atomic E-state index is -1.20. The molecular weight excluding hydrogens is 268 g/mol. The van der Waals surface area contributed by atoms with E-state index in [1.807, 2.05) is 6.92 Å². The van der Waals surface area contributed by atoms with Crippen molar-refractivity contribution in [3.05, 3.63) is 0 Å². The van der Waals surface area contributed by atoms with E-state index in [4.69, 9.17) is 18.9 Å². The second-order valence-corrected chi connectivity index (χ2v) is 4.82. The summed E-state index contributed by atoms with van der Waals surface area (Å²) in [5.74, 6) is -1.69. The highest BCUT2D eigenvalue weighted by molar-refractivity contribution is 5.68. The number of hydrogen-bond donors (Lipinski definition) is 0. The highest BCUT2D eigenvalue weighted by atomic mass is 16.7. The fourth-order valence-electron chi connectivity index (χ4n) is 2.36. The number of hydrogen-bond acceptors (Lipinski definition) is 7. The molecule has 0 amide bonds. The van der Waals surface area contributed by atoms with E-state index >= 15 is 0 Å². The first-order valence-electron chi connectivity index (χ1n) is 6.40. The van der Waals surface area contributed by atoms with Crippen LogP contribution < -0.4 is 0 Å². The lowest BCUT2D eigenvalue weighted by molar-refractivity contribution is -0.198. The van der Waals surface area contributed by atoms with Gasteiger partial charge in [-0.25, -0.2) is 0 Å². The second-order valence-electron chi connectivity index (χ2n) is 4.82. The summed E-state index contributed by atoms with van der Waals surface area (Å²) in [6.45, 7) is 7.12. The fraction of sp³-hybridized carbons (Fsp3) is 0.769. The molecule has 2 unspecified atom stereocenters. The van der Waals surface area contributed by atoms with Crippen LogP contribution in [0.3, 0.4) is 0 Å². The molecule has 0 saturated carbocycles. The fourth-order valence-corrected chi connectivity index (χ4v) is 2.36. The van der Waals surface area contributed by atoms with E-state index in [0.29, 0.717) is 6.42 Å². The Morgan fingerprint density at radius 1 is 1.05 bits per heavy atom. The number of carbonyl (C=O) groups excluding carboxylic acids is 3. The van der Waals surface area contributed by atoms with Gasteiger partial charge in [-0.1, -0.05) is 6.92 Å². The summed E-state index contributed by atoms with van der Waals surface area (Å²) in [5.41, 5.74) is -1.20. The first kappa shape index (κ1) is 16.4. The van der Waals surface area contributed by atoms with E-state index in [0.717, 1.165) is 0 Å². The van der Waals surface area contributed by atoms with Crippen molar-refractivity contribution in [2.75, 3.05) is 0 Å². The normalized spacial score (nSPS) is 32.5. The van der Waals surface area contributed by atoms with E-state index in [1.165, 1.54) is 20.8 Å². The molecule has 1 aliphatic heterocycles. The van der Waals surface area contributed by atoms with Crippen molar-refractivity contribution < 1.29 is 33.3 Å². The lowest BCUT2D eigenvalue weighted by Crippen LogP contribution is -2.51. The molecule has 4 atom stereocenters. The van der Waals surface area contributed by atoms with E-state index in [9.17, 15) is 14.4 Å². The molecule has 0 N–H and O–H groups in total. The second kappa shape index (κ2) is 6.21. The van der Waals surface area contributed by atoms with Gasteiger partial charge in [-0.3, -0.25) is 14.4 Å². The molecule has 0 aromatic heterocycles. The average molecular weight is 288 g/mol. The largest absolute Gasteiger partial charge is 0.453 e. The summed E-state index contributed by atoms with van der Waals surface area (Å²) in [6.07, 6.45) is -2.14. The lowest BCUT2D eigenvalue weighted by atomic mass is 9.92. The van der Waals surface area contributed by atoms with Crippen LogP contribution in [0.2, 0.25) is 0 Å². The maximum absolute atomic E-state index is 11.3. The standard InChI is InChI=1S/C13H20O7/c1-6-10-13(5,20-9(4)16)11(17-7(2)14)12(19-10)18-8(3)15/h10-12H,6H2,1-5H3/t10-,11?,12?,13-/m1/s1. The molecule has 0 aliphatic carbocycles. The van der Waals surface area contributed by atoms with Gasteiger partial charge in [0.05, 0.1) is 0 Å². The summed E-state index contributed by atoms with van der Waals surface area (Å²) in [5, 5.41) is 0. The van der Waals surface area contributed by atoms with E-state index < -0.39 is 42.0 Å². The molecule has 20 heavy (non-hydrogen) atoms. The van der Waals surface area contributed by atoms with Crippen LogP contribution in [0.1, 0.15) is 41.0 Å². The van der Waals surface area contributed by atoms with E-state index in [1.54, 1.807) is 6.92 Å². The molecule has 0 spiro atoms. The Balaban J connectivity index is 3.09. The van der Waals surface area contributed by atoms with Crippen LogP contribution in [-0.4, -0.2) is 42.0 Å². The topological polar surface area (TPSA) is 88.1 Å². The minimum absolute atomic E-state index is 0.499. The Labute approximate surface area is 117 Å². The molecule has 0 radical (unpaired) electrons. The number of rotatable bonds is 4. The highest BCUT2D eigenvalue weighted by Gasteiger charge is 2.59. The predicted molar refractivity (Wildman–Crippen MR) is 66.4 cm³/mol. The van der Waals surface area contributed by atoms with Crippen molar-refractivity contribution in [1.82, 2.24) is 0 Å². The molecule has 0 bridgehead atoms. The molecular formula is C13H20O7.